The van der Waals surface area contributed by atoms with Gasteiger partial charge in [-0.3, -0.25) is 4.99 Å². The molecule has 0 radical (unpaired) electrons. The number of hydrogen-bond donors (Lipinski definition) is 2. The molecule has 0 saturated carbocycles. The Morgan fingerprint density at radius 2 is 2.15 bits per heavy atom. The van der Waals surface area contributed by atoms with Crippen LogP contribution in [0.25, 0.3) is 0 Å². The molecule has 2 N–H and O–H groups in total. The third kappa shape index (κ3) is 7.45. The van der Waals surface area contributed by atoms with E-state index in [9.17, 15) is 0 Å². The maximum atomic E-state index is 5.51. The number of aromatic nitrogens is 1. The molecule has 1 aromatic heterocycles. The highest BCUT2D eigenvalue weighted by Gasteiger charge is 2.01. The van der Waals surface area contributed by atoms with Crippen molar-refractivity contribution in [2.24, 2.45) is 4.99 Å². The Balaban J connectivity index is 2.08. The van der Waals surface area contributed by atoms with Gasteiger partial charge in [0.15, 0.2) is 5.96 Å². The highest BCUT2D eigenvalue weighted by Crippen LogP contribution is 2.10. The fourth-order valence-electron chi connectivity index (χ4n) is 1.59. The predicted octanol–water partition coefficient (Wildman–Crippen LogP) is 2.32. The number of unbranched alkanes of at least 4 members (excludes halogenated alkanes) is 1. The van der Waals surface area contributed by atoms with Gasteiger partial charge in [-0.05, 0) is 19.8 Å². The minimum atomic E-state index is 0.713. The second-order valence-corrected chi connectivity index (χ2v) is 5.86. The van der Waals surface area contributed by atoms with E-state index >= 15 is 0 Å². The van der Waals surface area contributed by atoms with Crippen molar-refractivity contribution in [1.29, 1.82) is 0 Å². The number of rotatable bonds is 9. The number of nitrogens with one attached hydrogen (secondary N) is 2. The van der Waals surface area contributed by atoms with Crippen molar-refractivity contribution in [1.82, 2.24) is 15.6 Å². The molecule has 6 heteroatoms. The molecule has 1 rings (SSSR count). The van der Waals surface area contributed by atoms with E-state index in [1.165, 1.54) is 11.3 Å². The molecule has 0 aliphatic carbocycles. The van der Waals surface area contributed by atoms with Crippen LogP contribution in [0.5, 0.6) is 0 Å². The van der Waals surface area contributed by atoms with Gasteiger partial charge in [0.25, 0.3) is 0 Å². The lowest BCUT2D eigenvalue weighted by Gasteiger charge is -2.10. The van der Waals surface area contributed by atoms with Gasteiger partial charge in [0.1, 0.15) is 5.01 Å². The van der Waals surface area contributed by atoms with E-state index in [2.05, 4.69) is 34.5 Å². The lowest BCUT2D eigenvalue weighted by molar-refractivity contribution is 0.129. The number of ether oxygens (including phenoxy) is 1. The SMILES string of the molecule is CCCCOCCCNC(=NC)NCc1ncc(C)s1. The summed E-state index contributed by atoms with van der Waals surface area (Å²) in [4.78, 5) is 9.73. The number of aliphatic imine (C=N–C) groups is 1. The van der Waals surface area contributed by atoms with Crippen LogP contribution in [-0.2, 0) is 11.3 Å². The average molecular weight is 298 g/mol. The van der Waals surface area contributed by atoms with Crippen LogP contribution in [0.2, 0.25) is 0 Å². The molecule has 0 bridgehead atoms. The topological polar surface area (TPSA) is 58.5 Å². The zero-order chi connectivity index (χ0) is 14.6. The summed E-state index contributed by atoms with van der Waals surface area (Å²) in [5.41, 5.74) is 0. The van der Waals surface area contributed by atoms with E-state index in [1.807, 2.05) is 6.20 Å². The molecule has 0 amide bonds. The van der Waals surface area contributed by atoms with Gasteiger partial charge in [0.2, 0.25) is 0 Å². The van der Waals surface area contributed by atoms with Crippen molar-refractivity contribution in [3.8, 4) is 0 Å². The highest BCUT2D eigenvalue weighted by atomic mass is 32.1. The molecule has 0 unspecified atom stereocenters. The summed E-state index contributed by atoms with van der Waals surface area (Å²) in [5, 5.41) is 7.61. The van der Waals surface area contributed by atoms with Gasteiger partial charge in [-0.15, -0.1) is 11.3 Å². The predicted molar refractivity (Wildman–Crippen MR) is 85.4 cm³/mol. The maximum absolute atomic E-state index is 5.51. The zero-order valence-electron chi connectivity index (χ0n) is 12.7. The van der Waals surface area contributed by atoms with Gasteiger partial charge >= 0.3 is 0 Å². The third-order valence-corrected chi connectivity index (χ3v) is 3.61. The monoisotopic (exact) mass is 298 g/mol. The van der Waals surface area contributed by atoms with Crippen LogP contribution in [0, 0.1) is 6.92 Å². The second-order valence-electron chi connectivity index (χ2n) is 4.54. The Hall–Kier alpha value is -1.14. The summed E-state index contributed by atoms with van der Waals surface area (Å²) in [6.07, 6.45) is 5.21. The lowest BCUT2D eigenvalue weighted by Crippen LogP contribution is -2.37. The Morgan fingerprint density at radius 1 is 1.35 bits per heavy atom. The van der Waals surface area contributed by atoms with E-state index in [0.717, 1.165) is 43.6 Å². The molecule has 114 valence electrons. The lowest BCUT2D eigenvalue weighted by atomic mass is 10.4. The first-order valence-electron chi connectivity index (χ1n) is 7.19. The molecule has 0 aromatic carbocycles. The van der Waals surface area contributed by atoms with Crippen LogP contribution in [0.1, 0.15) is 36.1 Å². The fraction of sp³-hybridized carbons (Fsp3) is 0.714. The summed E-state index contributed by atoms with van der Waals surface area (Å²) >= 11 is 1.70. The molecule has 1 aromatic rings. The number of aryl methyl sites for hydroxylation is 1. The third-order valence-electron chi connectivity index (χ3n) is 2.70. The summed E-state index contributed by atoms with van der Waals surface area (Å²) in [6.45, 7) is 7.48. The normalized spacial score (nSPS) is 11.7. The van der Waals surface area contributed by atoms with Crippen LogP contribution < -0.4 is 10.6 Å². The van der Waals surface area contributed by atoms with Crippen molar-refractivity contribution >= 4 is 17.3 Å². The van der Waals surface area contributed by atoms with Crippen molar-refractivity contribution in [2.45, 2.75) is 39.7 Å². The van der Waals surface area contributed by atoms with Gasteiger partial charge < -0.3 is 15.4 Å². The van der Waals surface area contributed by atoms with Crippen LogP contribution >= 0.6 is 11.3 Å². The van der Waals surface area contributed by atoms with Gasteiger partial charge in [-0.25, -0.2) is 4.98 Å². The van der Waals surface area contributed by atoms with E-state index in [1.54, 1.807) is 18.4 Å². The van der Waals surface area contributed by atoms with Crippen molar-refractivity contribution in [3.63, 3.8) is 0 Å². The van der Waals surface area contributed by atoms with Crippen molar-refractivity contribution in [2.75, 3.05) is 26.8 Å². The molecule has 0 aliphatic heterocycles. The summed E-state index contributed by atoms with van der Waals surface area (Å²) in [5.74, 6) is 0.811. The van der Waals surface area contributed by atoms with E-state index in [0.29, 0.717) is 6.54 Å². The van der Waals surface area contributed by atoms with Gasteiger partial charge in [-0.2, -0.15) is 0 Å². The minimum absolute atomic E-state index is 0.713. The molecule has 20 heavy (non-hydrogen) atoms. The average Bonchev–Trinajstić information content (AvgIpc) is 2.87. The van der Waals surface area contributed by atoms with Crippen molar-refractivity contribution < 1.29 is 4.74 Å². The molecular formula is C14H26N4OS. The molecule has 1 heterocycles. The first kappa shape index (κ1) is 16.9. The van der Waals surface area contributed by atoms with Crippen LogP contribution in [-0.4, -0.2) is 37.7 Å². The van der Waals surface area contributed by atoms with E-state index in [4.69, 9.17) is 4.74 Å². The number of hydrogen-bond acceptors (Lipinski definition) is 4. The molecule has 0 atom stereocenters. The number of nitrogens with zero attached hydrogens (tertiary/aromatic N) is 2. The first-order valence-corrected chi connectivity index (χ1v) is 8.01. The molecule has 0 spiro atoms. The van der Waals surface area contributed by atoms with Crippen molar-refractivity contribution in [3.05, 3.63) is 16.1 Å². The Kier molecular flexibility index (Phi) is 8.98. The largest absolute Gasteiger partial charge is 0.381 e. The Bertz CT molecular complexity index is 392. The highest BCUT2D eigenvalue weighted by molar-refractivity contribution is 7.11. The Labute approximate surface area is 125 Å². The molecular weight excluding hydrogens is 272 g/mol. The number of guanidine groups is 1. The standard InChI is InChI=1S/C14H26N4OS/c1-4-5-8-19-9-6-7-16-14(15-3)18-11-13-17-10-12(2)20-13/h10H,4-9,11H2,1-3H3,(H2,15,16,18). The summed E-state index contributed by atoms with van der Waals surface area (Å²) in [7, 11) is 1.78. The summed E-state index contributed by atoms with van der Waals surface area (Å²) in [6, 6.07) is 0. The van der Waals surface area contributed by atoms with Crippen LogP contribution in [0.15, 0.2) is 11.2 Å². The smallest absolute Gasteiger partial charge is 0.191 e. The van der Waals surface area contributed by atoms with E-state index in [-0.39, 0.29) is 0 Å². The molecule has 0 saturated heterocycles. The second kappa shape index (κ2) is 10.6. The fourth-order valence-corrected chi connectivity index (χ4v) is 2.32. The molecule has 5 nitrogen and oxygen atoms in total. The first-order chi connectivity index (χ1) is 9.76. The summed E-state index contributed by atoms with van der Waals surface area (Å²) < 4.78 is 5.51. The number of thiazole rings is 1. The quantitative estimate of drug-likeness (QED) is 0.417. The zero-order valence-corrected chi connectivity index (χ0v) is 13.6. The maximum Gasteiger partial charge on any atom is 0.191 e. The van der Waals surface area contributed by atoms with Gasteiger partial charge in [-0.1, -0.05) is 13.3 Å². The minimum Gasteiger partial charge on any atom is -0.381 e. The van der Waals surface area contributed by atoms with Crippen LogP contribution in [0.3, 0.4) is 0 Å². The van der Waals surface area contributed by atoms with Gasteiger partial charge in [0, 0.05) is 37.9 Å². The molecule has 0 aliphatic rings. The van der Waals surface area contributed by atoms with E-state index < -0.39 is 0 Å². The van der Waals surface area contributed by atoms with Gasteiger partial charge in [0.05, 0.1) is 6.54 Å². The Morgan fingerprint density at radius 3 is 2.80 bits per heavy atom. The van der Waals surface area contributed by atoms with Crippen LogP contribution in [0.4, 0.5) is 0 Å². The molecule has 0 fully saturated rings.